The smallest absolute Gasteiger partial charge is 0.194 e. The van der Waals surface area contributed by atoms with Gasteiger partial charge in [0.2, 0.25) is 0 Å². The number of aryl methyl sites for hydroxylation is 2. The van der Waals surface area contributed by atoms with E-state index in [2.05, 4.69) is 31.1 Å². The van der Waals surface area contributed by atoms with Crippen LogP contribution in [-0.4, -0.2) is 47.2 Å². The van der Waals surface area contributed by atoms with Crippen molar-refractivity contribution in [3.8, 4) is 0 Å². The van der Waals surface area contributed by atoms with Crippen LogP contribution in [0.5, 0.6) is 0 Å². The van der Waals surface area contributed by atoms with E-state index < -0.39 is 0 Å². The van der Waals surface area contributed by atoms with Crippen LogP contribution >= 0.6 is 11.3 Å². The van der Waals surface area contributed by atoms with Gasteiger partial charge < -0.3 is 15.3 Å². The summed E-state index contributed by atoms with van der Waals surface area (Å²) in [6, 6.07) is 0. The van der Waals surface area contributed by atoms with E-state index in [9.17, 15) is 5.11 Å². The molecule has 2 N–H and O–H groups in total. The summed E-state index contributed by atoms with van der Waals surface area (Å²) in [5.41, 5.74) is 1.23. The van der Waals surface area contributed by atoms with Crippen molar-refractivity contribution in [3.05, 3.63) is 15.6 Å². The predicted molar refractivity (Wildman–Crippen MR) is 109 cm³/mol. The molecule has 5 nitrogen and oxygen atoms in total. The average Bonchev–Trinajstić information content (AvgIpc) is 3.03. The highest BCUT2D eigenvalue weighted by atomic mass is 32.1. The van der Waals surface area contributed by atoms with Crippen molar-refractivity contribution >= 4 is 17.3 Å². The highest BCUT2D eigenvalue weighted by Crippen LogP contribution is 2.36. The minimum atomic E-state index is -0.237. The number of fused-ring (bicyclic) bond motifs is 1. The number of nitrogens with zero attached hydrogens (tertiary/aromatic N) is 3. The maximum atomic E-state index is 10.4. The fourth-order valence-electron chi connectivity index (χ4n) is 4.04. The van der Waals surface area contributed by atoms with Crippen LogP contribution in [0.25, 0.3) is 0 Å². The number of guanidine groups is 1. The van der Waals surface area contributed by atoms with Gasteiger partial charge in [0.1, 0.15) is 5.01 Å². The maximum Gasteiger partial charge on any atom is 0.194 e. The van der Waals surface area contributed by atoms with Crippen molar-refractivity contribution in [2.75, 3.05) is 20.1 Å². The molecule has 0 amide bonds. The van der Waals surface area contributed by atoms with Crippen molar-refractivity contribution in [2.24, 2.45) is 10.4 Å². The molecule has 1 fully saturated rings. The van der Waals surface area contributed by atoms with Gasteiger partial charge in [-0.1, -0.05) is 19.8 Å². The molecular formula is C20H34N4OS. The Morgan fingerprint density at radius 2 is 2.15 bits per heavy atom. The molecule has 0 spiro atoms. The van der Waals surface area contributed by atoms with Crippen molar-refractivity contribution in [2.45, 2.75) is 77.9 Å². The summed E-state index contributed by atoms with van der Waals surface area (Å²) in [5, 5.41) is 15.0. The number of aliphatic imine (C=N–C) groups is 1. The van der Waals surface area contributed by atoms with Crippen molar-refractivity contribution in [3.63, 3.8) is 0 Å². The Morgan fingerprint density at radius 3 is 2.88 bits per heavy atom. The monoisotopic (exact) mass is 378 g/mol. The molecule has 3 rings (SSSR count). The molecule has 2 aliphatic rings. The van der Waals surface area contributed by atoms with Gasteiger partial charge in [-0.25, -0.2) is 4.98 Å². The third-order valence-corrected chi connectivity index (χ3v) is 6.97. The highest BCUT2D eigenvalue weighted by Gasteiger charge is 2.35. The number of hydrogen-bond donors (Lipinski definition) is 2. The van der Waals surface area contributed by atoms with Crippen LogP contribution in [0.3, 0.4) is 0 Å². The van der Waals surface area contributed by atoms with Gasteiger partial charge >= 0.3 is 0 Å². The first-order valence-corrected chi connectivity index (χ1v) is 11.0. The number of hydrogen-bond acceptors (Lipinski definition) is 4. The van der Waals surface area contributed by atoms with Crippen LogP contribution in [0.4, 0.5) is 0 Å². The Hall–Kier alpha value is -1.14. The summed E-state index contributed by atoms with van der Waals surface area (Å²) in [5.74, 6) is 0.916. The molecule has 146 valence electrons. The number of nitrogens with one attached hydrogen (secondary N) is 1. The van der Waals surface area contributed by atoms with E-state index in [1.54, 1.807) is 0 Å². The van der Waals surface area contributed by atoms with Gasteiger partial charge in [-0.2, -0.15) is 0 Å². The Kier molecular flexibility index (Phi) is 6.56. The van der Waals surface area contributed by atoms with Gasteiger partial charge in [0.15, 0.2) is 5.96 Å². The van der Waals surface area contributed by atoms with E-state index >= 15 is 0 Å². The second kappa shape index (κ2) is 8.70. The maximum absolute atomic E-state index is 10.4. The van der Waals surface area contributed by atoms with Gasteiger partial charge in [-0.15, -0.1) is 11.3 Å². The molecule has 0 radical (unpaired) electrons. The molecule has 2 unspecified atom stereocenters. The first-order chi connectivity index (χ1) is 12.5. The number of rotatable bonds is 5. The van der Waals surface area contributed by atoms with Crippen LogP contribution in [0.15, 0.2) is 4.99 Å². The van der Waals surface area contributed by atoms with Gasteiger partial charge in [-0.3, -0.25) is 4.99 Å². The predicted octanol–water partition coefficient (Wildman–Crippen LogP) is 3.36. The van der Waals surface area contributed by atoms with Crippen LogP contribution in [0, 0.1) is 5.41 Å². The van der Waals surface area contributed by atoms with E-state index in [4.69, 9.17) is 9.98 Å². The molecule has 0 bridgehead atoms. The zero-order valence-electron chi connectivity index (χ0n) is 16.6. The van der Waals surface area contributed by atoms with Crippen LogP contribution < -0.4 is 5.32 Å². The molecule has 1 aromatic heterocycles. The summed E-state index contributed by atoms with van der Waals surface area (Å²) < 4.78 is 0. The molecule has 6 heteroatoms. The molecule has 1 saturated carbocycles. The van der Waals surface area contributed by atoms with Crippen molar-refractivity contribution in [1.82, 2.24) is 15.2 Å². The summed E-state index contributed by atoms with van der Waals surface area (Å²) in [4.78, 5) is 13.4. The van der Waals surface area contributed by atoms with Crippen molar-refractivity contribution in [1.29, 1.82) is 0 Å². The highest BCUT2D eigenvalue weighted by molar-refractivity contribution is 7.11. The summed E-state index contributed by atoms with van der Waals surface area (Å²) in [6.07, 6.45) is 8.96. The van der Waals surface area contributed by atoms with Gasteiger partial charge in [0, 0.05) is 23.9 Å². The fraction of sp³-hybridized carbons (Fsp3) is 0.800. The first kappa shape index (κ1) is 19.6. The zero-order valence-corrected chi connectivity index (χ0v) is 17.4. The Labute approximate surface area is 161 Å². The number of aliphatic hydroxyl groups excluding tert-OH is 1. The van der Waals surface area contributed by atoms with Gasteiger partial charge in [-0.05, 0) is 45.4 Å². The minimum absolute atomic E-state index is 0.0972. The number of aromatic nitrogens is 1. The van der Waals surface area contributed by atoms with Gasteiger partial charge in [0.05, 0.1) is 24.9 Å². The third kappa shape index (κ3) is 4.58. The second-order valence-electron chi connectivity index (χ2n) is 8.13. The SMILES string of the molecule is CCNC(=NCC1(C)CCCCC1O)N(C)Cc1nc2c(s1)CCCC2. The van der Waals surface area contributed by atoms with E-state index in [-0.39, 0.29) is 11.5 Å². The topological polar surface area (TPSA) is 60.8 Å². The van der Waals surface area contributed by atoms with E-state index in [0.717, 1.165) is 44.7 Å². The molecule has 0 saturated heterocycles. The molecule has 1 aromatic rings. The first-order valence-electron chi connectivity index (χ1n) is 10.2. The fourth-order valence-corrected chi connectivity index (χ4v) is 5.25. The Balaban J connectivity index is 1.66. The lowest BCUT2D eigenvalue weighted by Gasteiger charge is -2.37. The van der Waals surface area contributed by atoms with Crippen LogP contribution in [0.1, 0.15) is 68.0 Å². The quantitative estimate of drug-likeness (QED) is 0.609. The Morgan fingerprint density at radius 1 is 1.35 bits per heavy atom. The largest absolute Gasteiger partial charge is 0.392 e. The average molecular weight is 379 g/mol. The summed E-state index contributed by atoms with van der Waals surface area (Å²) >= 11 is 1.87. The van der Waals surface area contributed by atoms with Gasteiger partial charge in [0.25, 0.3) is 0 Å². The second-order valence-corrected chi connectivity index (χ2v) is 9.29. The zero-order chi connectivity index (χ0) is 18.6. The summed E-state index contributed by atoms with van der Waals surface area (Å²) in [6.45, 7) is 6.59. The molecule has 2 aliphatic carbocycles. The standard InChI is InChI=1S/C20H34N4OS/c1-4-21-19(22-14-20(2)12-8-7-11-17(20)25)24(3)13-18-23-15-9-5-6-10-16(15)26-18/h17,25H,4-14H2,1-3H3,(H,21,22). The summed E-state index contributed by atoms with van der Waals surface area (Å²) in [7, 11) is 2.08. The molecule has 0 aliphatic heterocycles. The van der Waals surface area contributed by atoms with Crippen molar-refractivity contribution < 1.29 is 5.11 Å². The normalized spacial score (nSPS) is 26.5. The number of aliphatic hydroxyl groups is 1. The van der Waals surface area contributed by atoms with Crippen LogP contribution in [0.2, 0.25) is 0 Å². The van der Waals surface area contributed by atoms with E-state index in [1.165, 1.54) is 41.3 Å². The molecule has 26 heavy (non-hydrogen) atoms. The lowest BCUT2D eigenvalue weighted by Crippen LogP contribution is -2.42. The lowest BCUT2D eigenvalue weighted by molar-refractivity contribution is 0.00705. The lowest BCUT2D eigenvalue weighted by atomic mass is 9.73. The third-order valence-electron chi connectivity index (χ3n) is 5.83. The van der Waals surface area contributed by atoms with E-state index in [1.807, 2.05) is 11.3 Å². The van der Waals surface area contributed by atoms with Crippen LogP contribution in [-0.2, 0) is 19.4 Å². The molecular weight excluding hydrogens is 344 g/mol. The van der Waals surface area contributed by atoms with E-state index in [0.29, 0.717) is 6.54 Å². The molecule has 0 aromatic carbocycles. The molecule has 1 heterocycles. The molecule has 2 atom stereocenters. The Bertz CT molecular complexity index is 606. The number of thiazole rings is 1. The minimum Gasteiger partial charge on any atom is -0.392 e.